The van der Waals surface area contributed by atoms with Crippen molar-refractivity contribution in [1.82, 2.24) is 24.7 Å². The molecule has 2 aromatic carbocycles. The fourth-order valence-electron chi connectivity index (χ4n) is 3.94. The van der Waals surface area contributed by atoms with Crippen molar-refractivity contribution in [3.63, 3.8) is 0 Å². The molecule has 6 nitrogen and oxygen atoms in total. The average Bonchev–Trinajstić information content (AvgIpc) is 3.45. The van der Waals surface area contributed by atoms with Crippen molar-refractivity contribution in [3.05, 3.63) is 101 Å². The molecule has 0 aliphatic heterocycles. The van der Waals surface area contributed by atoms with E-state index >= 15 is 0 Å². The molecule has 0 aliphatic carbocycles. The van der Waals surface area contributed by atoms with E-state index in [9.17, 15) is 5.11 Å². The molecular formula is C25H23N5O. The number of benzene rings is 2. The standard InChI is InChI=1S/C25H23N5O/c1-16-3-4-17(2)20(11-16)15-30-23-12-19(21-13-27-28-14-21)5-6-22(23)29-25(30)24(31)18-7-9-26-10-8-18/h3-14,24,31H,15H2,1-2H3,(H,27,28). The van der Waals surface area contributed by atoms with E-state index in [0.29, 0.717) is 12.4 Å². The molecule has 0 bridgehead atoms. The summed E-state index contributed by atoms with van der Waals surface area (Å²) in [4.78, 5) is 8.90. The van der Waals surface area contributed by atoms with Crippen LogP contribution in [0.3, 0.4) is 0 Å². The number of nitrogens with one attached hydrogen (secondary N) is 1. The van der Waals surface area contributed by atoms with E-state index in [1.807, 2.05) is 30.5 Å². The summed E-state index contributed by atoms with van der Waals surface area (Å²) >= 11 is 0. The number of aromatic nitrogens is 5. The number of pyridine rings is 1. The highest BCUT2D eigenvalue weighted by molar-refractivity contribution is 5.82. The summed E-state index contributed by atoms with van der Waals surface area (Å²) < 4.78 is 2.12. The number of rotatable bonds is 5. The average molecular weight is 409 g/mol. The van der Waals surface area contributed by atoms with Gasteiger partial charge in [-0.05, 0) is 60.4 Å². The molecule has 0 radical (unpaired) electrons. The molecule has 2 N–H and O–H groups in total. The Labute approximate surface area is 180 Å². The summed E-state index contributed by atoms with van der Waals surface area (Å²) in [5.41, 5.74) is 8.27. The van der Waals surface area contributed by atoms with Gasteiger partial charge in [0.15, 0.2) is 0 Å². The van der Waals surface area contributed by atoms with Crippen LogP contribution in [0, 0.1) is 13.8 Å². The van der Waals surface area contributed by atoms with Crippen molar-refractivity contribution in [2.24, 2.45) is 0 Å². The van der Waals surface area contributed by atoms with Crippen molar-refractivity contribution in [2.75, 3.05) is 0 Å². The Bertz CT molecular complexity index is 1340. The molecule has 0 amide bonds. The van der Waals surface area contributed by atoms with Gasteiger partial charge in [0, 0.05) is 30.7 Å². The molecule has 3 aromatic heterocycles. The van der Waals surface area contributed by atoms with Crippen LogP contribution in [0.25, 0.3) is 22.2 Å². The molecule has 0 aliphatic rings. The molecule has 0 spiro atoms. The lowest BCUT2D eigenvalue weighted by Crippen LogP contribution is -2.12. The lowest BCUT2D eigenvalue weighted by atomic mass is 10.0. The van der Waals surface area contributed by atoms with Gasteiger partial charge in [0.05, 0.1) is 17.2 Å². The summed E-state index contributed by atoms with van der Waals surface area (Å²) in [5.74, 6) is 0.617. The maximum Gasteiger partial charge on any atom is 0.143 e. The molecule has 31 heavy (non-hydrogen) atoms. The van der Waals surface area contributed by atoms with Crippen molar-refractivity contribution in [3.8, 4) is 11.1 Å². The van der Waals surface area contributed by atoms with Crippen molar-refractivity contribution < 1.29 is 5.11 Å². The van der Waals surface area contributed by atoms with Crippen LogP contribution in [0.1, 0.15) is 34.2 Å². The van der Waals surface area contributed by atoms with Crippen LogP contribution in [0.5, 0.6) is 0 Å². The van der Waals surface area contributed by atoms with E-state index in [-0.39, 0.29) is 0 Å². The first-order valence-electron chi connectivity index (χ1n) is 10.2. The zero-order valence-electron chi connectivity index (χ0n) is 17.4. The Hall–Kier alpha value is -3.77. The predicted molar refractivity (Wildman–Crippen MR) is 121 cm³/mol. The Balaban J connectivity index is 1.69. The monoisotopic (exact) mass is 409 g/mol. The minimum Gasteiger partial charge on any atom is -0.380 e. The molecule has 5 rings (SSSR count). The van der Waals surface area contributed by atoms with Gasteiger partial charge in [-0.15, -0.1) is 0 Å². The summed E-state index contributed by atoms with van der Waals surface area (Å²) in [7, 11) is 0. The quantitative estimate of drug-likeness (QED) is 0.446. The Kier molecular flexibility index (Phi) is 4.84. The molecule has 154 valence electrons. The van der Waals surface area contributed by atoms with E-state index in [0.717, 1.165) is 27.7 Å². The molecule has 1 unspecified atom stereocenters. The number of aliphatic hydroxyl groups excluding tert-OH is 1. The number of aryl methyl sites for hydroxylation is 2. The molecule has 0 fully saturated rings. The topological polar surface area (TPSA) is 79.6 Å². The van der Waals surface area contributed by atoms with Crippen molar-refractivity contribution in [2.45, 2.75) is 26.5 Å². The normalized spacial score (nSPS) is 12.4. The second-order valence-electron chi connectivity index (χ2n) is 7.86. The Morgan fingerprint density at radius 3 is 2.61 bits per heavy atom. The number of imidazole rings is 1. The fraction of sp³-hybridized carbons (Fsp3) is 0.160. The fourth-order valence-corrected chi connectivity index (χ4v) is 3.94. The summed E-state index contributed by atoms with van der Waals surface area (Å²) in [6, 6.07) is 16.2. The van der Waals surface area contributed by atoms with Crippen LogP contribution >= 0.6 is 0 Å². The first-order chi connectivity index (χ1) is 15.1. The Morgan fingerprint density at radius 1 is 1.00 bits per heavy atom. The largest absolute Gasteiger partial charge is 0.380 e. The van der Waals surface area contributed by atoms with Crippen LogP contribution in [0.15, 0.2) is 73.3 Å². The zero-order valence-corrected chi connectivity index (χ0v) is 17.4. The van der Waals surface area contributed by atoms with E-state index in [1.165, 1.54) is 16.7 Å². The second-order valence-corrected chi connectivity index (χ2v) is 7.86. The van der Waals surface area contributed by atoms with Gasteiger partial charge in [0.25, 0.3) is 0 Å². The highest BCUT2D eigenvalue weighted by Gasteiger charge is 2.21. The number of hydrogen-bond donors (Lipinski definition) is 2. The van der Waals surface area contributed by atoms with Crippen LogP contribution in [0.4, 0.5) is 0 Å². The number of nitrogens with zero attached hydrogens (tertiary/aromatic N) is 4. The minimum absolute atomic E-state index is 0.617. The van der Waals surface area contributed by atoms with Gasteiger partial charge in [-0.2, -0.15) is 5.10 Å². The maximum absolute atomic E-state index is 11.2. The third-order valence-electron chi connectivity index (χ3n) is 5.71. The van der Waals surface area contributed by atoms with Gasteiger partial charge in [0.1, 0.15) is 11.9 Å². The molecular weight excluding hydrogens is 386 g/mol. The van der Waals surface area contributed by atoms with Gasteiger partial charge in [0.2, 0.25) is 0 Å². The van der Waals surface area contributed by atoms with Crippen molar-refractivity contribution in [1.29, 1.82) is 0 Å². The zero-order chi connectivity index (χ0) is 21.4. The third-order valence-corrected chi connectivity index (χ3v) is 5.71. The Morgan fingerprint density at radius 2 is 1.84 bits per heavy atom. The van der Waals surface area contributed by atoms with Gasteiger partial charge >= 0.3 is 0 Å². The summed E-state index contributed by atoms with van der Waals surface area (Å²) in [5, 5.41) is 18.1. The van der Waals surface area contributed by atoms with Gasteiger partial charge < -0.3 is 9.67 Å². The van der Waals surface area contributed by atoms with Crippen LogP contribution in [0.2, 0.25) is 0 Å². The lowest BCUT2D eigenvalue weighted by Gasteiger charge is -2.16. The maximum atomic E-state index is 11.2. The van der Waals surface area contributed by atoms with E-state index in [4.69, 9.17) is 4.98 Å². The second kappa shape index (κ2) is 7.81. The molecule has 6 heteroatoms. The van der Waals surface area contributed by atoms with Crippen LogP contribution in [-0.4, -0.2) is 29.8 Å². The number of fused-ring (bicyclic) bond motifs is 1. The van der Waals surface area contributed by atoms with Gasteiger partial charge in [-0.25, -0.2) is 4.98 Å². The number of aliphatic hydroxyl groups is 1. The molecule has 3 heterocycles. The smallest absolute Gasteiger partial charge is 0.143 e. The highest BCUT2D eigenvalue weighted by Crippen LogP contribution is 2.30. The molecule has 5 aromatic rings. The van der Waals surface area contributed by atoms with Gasteiger partial charge in [-0.1, -0.05) is 29.8 Å². The summed E-state index contributed by atoms with van der Waals surface area (Å²) in [6.07, 6.45) is 6.21. The molecule has 0 saturated carbocycles. The van der Waals surface area contributed by atoms with Crippen molar-refractivity contribution >= 4 is 11.0 Å². The van der Waals surface area contributed by atoms with E-state index in [2.05, 4.69) is 57.9 Å². The lowest BCUT2D eigenvalue weighted by molar-refractivity contribution is 0.206. The number of aromatic amines is 1. The number of hydrogen-bond acceptors (Lipinski definition) is 4. The highest BCUT2D eigenvalue weighted by atomic mass is 16.3. The number of H-pyrrole nitrogens is 1. The SMILES string of the molecule is Cc1ccc(C)c(Cn2c(C(O)c3ccncc3)nc3ccc(-c4cn[nH]c4)cc32)c1. The summed E-state index contributed by atoms with van der Waals surface area (Å²) in [6.45, 7) is 4.83. The van der Waals surface area contributed by atoms with Gasteiger partial charge in [-0.3, -0.25) is 10.1 Å². The molecule has 0 saturated heterocycles. The van der Waals surface area contributed by atoms with E-state index in [1.54, 1.807) is 18.6 Å². The minimum atomic E-state index is -0.849. The van der Waals surface area contributed by atoms with Crippen LogP contribution in [-0.2, 0) is 6.54 Å². The van der Waals surface area contributed by atoms with E-state index < -0.39 is 6.10 Å². The predicted octanol–water partition coefficient (Wildman–Crippen LogP) is 4.57. The first-order valence-corrected chi connectivity index (χ1v) is 10.2. The third kappa shape index (κ3) is 3.62. The molecule has 1 atom stereocenters. The first kappa shape index (κ1) is 19.2. The van der Waals surface area contributed by atoms with Crippen LogP contribution < -0.4 is 0 Å².